The van der Waals surface area contributed by atoms with Crippen molar-refractivity contribution in [3.05, 3.63) is 0 Å². The molecule has 0 spiro atoms. The topological polar surface area (TPSA) is 0 Å². The number of hydrogen-bond donors (Lipinski definition) is 0. The number of halogens is 2. The Morgan fingerprint density at radius 2 is 1.38 bits per heavy atom. The van der Waals surface area contributed by atoms with E-state index in [2.05, 4.69) is 27.7 Å². The first kappa shape index (κ1) is 15.9. The van der Waals surface area contributed by atoms with E-state index in [0.29, 0.717) is 24.7 Å². The van der Waals surface area contributed by atoms with Crippen LogP contribution in [0.2, 0.25) is 0 Å². The molecule has 0 aliphatic heterocycles. The molecule has 0 nitrogen and oxygen atoms in total. The fourth-order valence-electron chi connectivity index (χ4n) is 1.88. The van der Waals surface area contributed by atoms with E-state index in [1.165, 1.54) is 0 Å². The van der Waals surface area contributed by atoms with Crippen LogP contribution in [-0.2, 0) is 0 Å². The molecule has 0 radical (unpaired) electrons. The highest BCUT2D eigenvalue weighted by Crippen LogP contribution is 2.30. The average molecular weight is 234 g/mol. The van der Waals surface area contributed by atoms with Gasteiger partial charge in [-0.05, 0) is 24.7 Å². The minimum absolute atomic E-state index is 0.0703. The molecule has 0 rings (SSSR count). The second kappa shape index (κ2) is 8.03. The standard InChI is InChI=1S/C14H28F2/c1-5-7-13(4)9-11-14(15,16)10-8-12(3)6-2/h12-13H,5-11H2,1-4H3. The first-order valence-electron chi connectivity index (χ1n) is 6.79. The van der Waals surface area contributed by atoms with E-state index in [4.69, 9.17) is 0 Å². The van der Waals surface area contributed by atoms with Crippen LogP contribution >= 0.6 is 0 Å². The summed E-state index contributed by atoms with van der Waals surface area (Å²) in [4.78, 5) is 0. The van der Waals surface area contributed by atoms with Crippen LogP contribution in [-0.4, -0.2) is 5.92 Å². The zero-order valence-electron chi connectivity index (χ0n) is 11.4. The number of rotatable bonds is 9. The Morgan fingerprint density at radius 1 is 0.875 bits per heavy atom. The van der Waals surface area contributed by atoms with Crippen molar-refractivity contribution in [3.63, 3.8) is 0 Å². The molecule has 2 heteroatoms. The van der Waals surface area contributed by atoms with Crippen molar-refractivity contribution in [2.24, 2.45) is 11.8 Å². The normalized spacial score (nSPS) is 16.1. The zero-order valence-corrected chi connectivity index (χ0v) is 11.4. The largest absolute Gasteiger partial charge is 0.248 e. The Balaban J connectivity index is 3.77. The van der Waals surface area contributed by atoms with Gasteiger partial charge in [0.2, 0.25) is 5.92 Å². The minimum Gasteiger partial charge on any atom is -0.207 e. The molecule has 0 aromatic rings. The van der Waals surface area contributed by atoms with Gasteiger partial charge in [0.05, 0.1) is 0 Å². The summed E-state index contributed by atoms with van der Waals surface area (Å²) in [7, 11) is 0. The summed E-state index contributed by atoms with van der Waals surface area (Å²) in [5.41, 5.74) is 0. The van der Waals surface area contributed by atoms with Crippen LogP contribution in [0.1, 0.15) is 72.6 Å². The third-order valence-electron chi connectivity index (χ3n) is 3.48. The van der Waals surface area contributed by atoms with Crippen molar-refractivity contribution >= 4 is 0 Å². The molecule has 0 aromatic heterocycles. The molecule has 0 amide bonds. The molecule has 0 aromatic carbocycles. The zero-order chi connectivity index (χ0) is 12.6. The van der Waals surface area contributed by atoms with Crippen LogP contribution in [0.25, 0.3) is 0 Å². The highest BCUT2D eigenvalue weighted by Gasteiger charge is 2.28. The summed E-state index contributed by atoms with van der Waals surface area (Å²) in [5, 5.41) is 0. The average Bonchev–Trinajstić information content (AvgIpc) is 2.24. The van der Waals surface area contributed by atoms with Crippen LogP contribution in [0, 0.1) is 11.8 Å². The van der Waals surface area contributed by atoms with Crippen molar-refractivity contribution in [2.75, 3.05) is 0 Å². The summed E-state index contributed by atoms with van der Waals surface area (Å²) in [6.07, 6.45) is 4.64. The molecule has 98 valence electrons. The van der Waals surface area contributed by atoms with Gasteiger partial charge in [-0.1, -0.05) is 47.0 Å². The Kier molecular flexibility index (Phi) is 7.96. The van der Waals surface area contributed by atoms with E-state index >= 15 is 0 Å². The van der Waals surface area contributed by atoms with Crippen molar-refractivity contribution in [1.29, 1.82) is 0 Å². The van der Waals surface area contributed by atoms with Crippen LogP contribution in [0.3, 0.4) is 0 Å². The summed E-state index contributed by atoms with van der Waals surface area (Å²) in [5.74, 6) is -1.57. The minimum atomic E-state index is -2.44. The molecular weight excluding hydrogens is 206 g/mol. The quantitative estimate of drug-likeness (QED) is 0.482. The van der Waals surface area contributed by atoms with E-state index in [9.17, 15) is 8.78 Å². The first-order chi connectivity index (χ1) is 7.41. The predicted molar refractivity (Wildman–Crippen MR) is 66.9 cm³/mol. The lowest BCUT2D eigenvalue weighted by Crippen LogP contribution is -2.18. The SMILES string of the molecule is CCCC(C)CCC(F)(F)CCC(C)CC. The van der Waals surface area contributed by atoms with Crippen molar-refractivity contribution in [2.45, 2.75) is 78.6 Å². The van der Waals surface area contributed by atoms with Gasteiger partial charge in [0, 0.05) is 12.8 Å². The Bertz CT molecular complexity index is 166. The van der Waals surface area contributed by atoms with Gasteiger partial charge in [-0.15, -0.1) is 0 Å². The van der Waals surface area contributed by atoms with Gasteiger partial charge in [-0.25, -0.2) is 8.78 Å². The van der Waals surface area contributed by atoms with E-state index < -0.39 is 5.92 Å². The molecule has 0 bridgehead atoms. The van der Waals surface area contributed by atoms with Crippen molar-refractivity contribution in [3.8, 4) is 0 Å². The molecular formula is C14H28F2. The molecule has 2 atom stereocenters. The van der Waals surface area contributed by atoms with E-state index in [1.54, 1.807) is 0 Å². The monoisotopic (exact) mass is 234 g/mol. The molecule has 0 saturated carbocycles. The Hall–Kier alpha value is -0.140. The van der Waals surface area contributed by atoms with Gasteiger partial charge in [0.25, 0.3) is 0 Å². The summed E-state index contributed by atoms with van der Waals surface area (Å²) < 4.78 is 27.0. The first-order valence-corrected chi connectivity index (χ1v) is 6.79. The maximum Gasteiger partial charge on any atom is 0.248 e. The summed E-state index contributed by atoms with van der Waals surface area (Å²) in [6.45, 7) is 8.30. The van der Waals surface area contributed by atoms with Crippen LogP contribution < -0.4 is 0 Å². The second-order valence-electron chi connectivity index (χ2n) is 5.34. The molecule has 16 heavy (non-hydrogen) atoms. The Labute approximate surface area is 99.8 Å². The lowest BCUT2D eigenvalue weighted by molar-refractivity contribution is -0.0262. The Morgan fingerprint density at radius 3 is 1.81 bits per heavy atom. The second-order valence-corrected chi connectivity index (χ2v) is 5.34. The van der Waals surface area contributed by atoms with Crippen LogP contribution in [0.4, 0.5) is 8.78 Å². The lowest BCUT2D eigenvalue weighted by Gasteiger charge is -2.20. The fourth-order valence-corrected chi connectivity index (χ4v) is 1.88. The van der Waals surface area contributed by atoms with E-state index in [-0.39, 0.29) is 12.8 Å². The van der Waals surface area contributed by atoms with Crippen molar-refractivity contribution in [1.82, 2.24) is 0 Å². The molecule has 0 saturated heterocycles. The van der Waals surface area contributed by atoms with Gasteiger partial charge < -0.3 is 0 Å². The van der Waals surface area contributed by atoms with Crippen LogP contribution in [0.5, 0.6) is 0 Å². The van der Waals surface area contributed by atoms with Gasteiger partial charge in [0.15, 0.2) is 0 Å². The van der Waals surface area contributed by atoms with Crippen molar-refractivity contribution < 1.29 is 8.78 Å². The highest BCUT2D eigenvalue weighted by atomic mass is 19.3. The molecule has 0 heterocycles. The summed E-state index contributed by atoms with van der Waals surface area (Å²) >= 11 is 0. The molecule has 0 fully saturated rings. The highest BCUT2D eigenvalue weighted by molar-refractivity contribution is 4.69. The number of alkyl halides is 2. The van der Waals surface area contributed by atoms with Gasteiger partial charge in [-0.2, -0.15) is 0 Å². The molecule has 2 unspecified atom stereocenters. The third kappa shape index (κ3) is 8.06. The van der Waals surface area contributed by atoms with E-state index in [0.717, 1.165) is 19.3 Å². The predicted octanol–water partition coefficient (Wildman–Crippen LogP) is 5.66. The maximum atomic E-state index is 13.5. The fraction of sp³-hybridized carbons (Fsp3) is 1.00. The molecule has 0 N–H and O–H groups in total. The third-order valence-corrected chi connectivity index (χ3v) is 3.48. The smallest absolute Gasteiger partial charge is 0.207 e. The number of hydrogen-bond acceptors (Lipinski definition) is 0. The lowest BCUT2D eigenvalue weighted by atomic mass is 9.94. The summed E-state index contributed by atoms with van der Waals surface area (Å²) in [6, 6.07) is 0. The van der Waals surface area contributed by atoms with Gasteiger partial charge in [-0.3, -0.25) is 0 Å². The van der Waals surface area contributed by atoms with Gasteiger partial charge in [0.1, 0.15) is 0 Å². The molecule has 0 aliphatic carbocycles. The molecule has 0 aliphatic rings. The van der Waals surface area contributed by atoms with Gasteiger partial charge >= 0.3 is 0 Å². The van der Waals surface area contributed by atoms with Crippen LogP contribution in [0.15, 0.2) is 0 Å². The maximum absolute atomic E-state index is 13.5. The van der Waals surface area contributed by atoms with E-state index in [1.807, 2.05) is 0 Å².